The number of urea groups is 1. The van der Waals surface area contributed by atoms with E-state index in [0.29, 0.717) is 6.54 Å². The van der Waals surface area contributed by atoms with Crippen molar-refractivity contribution in [3.8, 4) is 12.3 Å². The number of likely N-dealkylation sites (tertiary alicyclic amines) is 1. The van der Waals surface area contributed by atoms with E-state index >= 15 is 0 Å². The summed E-state index contributed by atoms with van der Waals surface area (Å²) in [7, 11) is 0. The molecule has 10 heavy (non-hydrogen) atoms. The Labute approximate surface area is 60.2 Å². The largest absolute Gasteiger partial charge is 0.351 e. The van der Waals surface area contributed by atoms with E-state index in [0.717, 1.165) is 12.8 Å². The van der Waals surface area contributed by atoms with E-state index in [1.807, 2.05) is 0 Å². The van der Waals surface area contributed by atoms with Crippen LogP contribution in [-0.2, 0) is 0 Å². The van der Waals surface area contributed by atoms with Crippen LogP contribution in [0.3, 0.4) is 0 Å². The highest BCUT2D eigenvalue weighted by Gasteiger charge is 2.24. The Hall–Kier alpha value is -1.17. The molecule has 3 nitrogen and oxygen atoms in total. The van der Waals surface area contributed by atoms with Crippen molar-refractivity contribution < 1.29 is 4.79 Å². The summed E-state index contributed by atoms with van der Waals surface area (Å²) < 4.78 is 0. The van der Waals surface area contributed by atoms with Crippen molar-refractivity contribution in [1.82, 2.24) is 4.90 Å². The molecule has 0 aromatic rings. The summed E-state index contributed by atoms with van der Waals surface area (Å²) in [5, 5.41) is 0. The minimum absolute atomic E-state index is 0.0579. The summed E-state index contributed by atoms with van der Waals surface area (Å²) in [6.07, 6.45) is 7.02. The van der Waals surface area contributed by atoms with Crippen LogP contribution in [0.1, 0.15) is 12.8 Å². The molecule has 1 saturated heterocycles. The van der Waals surface area contributed by atoms with E-state index in [1.54, 1.807) is 0 Å². The highest BCUT2D eigenvalue weighted by molar-refractivity contribution is 5.73. The highest BCUT2D eigenvalue weighted by Crippen LogP contribution is 2.14. The molecule has 1 atom stereocenters. The summed E-state index contributed by atoms with van der Waals surface area (Å²) in [4.78, 5) is 12.2. The average molecular weight is 138 g/mol. The number of nitrogens with two attached hydrogens (primary N) is 1. The Morgan fingerprint density at radius 2 is 2.50 bits per heavy atom. The number of nitrogens with zero attached hydrogens (tertiary/aromatic N) is 1. The normalized spacial score (nSPS) is 24.3. The Balaban J connectivity index is 2.61. The number of carbonyl (C=O) groups is 1. The van der Waals surface area contributed by atoms with E-state index in [9.17, 15) is 4.79 Å². The fourth-order valence-corrected chi connectivity index (χ4v) is 1.20. The first-order chi connectivity index (χ1) is 4.75. The average Bonchev–Trinajstić information content (AvgIpc) is 2.33. The molecule has 1 aliphatic rings. The van der Waals surface area contributed by atoms with Crippen molar-refractivity contribution in [3.05, 3.63) is 0 Å². The summed E-state index contributed by atoms with van der Waals surface area (Å²) in [6.45, 7) is 0.712. The predicted octanol–water partition coefficient (Wildman–Crippen LogP) is 0.163. The molecule has 0 radical (unpaired) electrons. The third-order valence-electron chi connectivity index (χ3n) is 1.73. The van der Waals surface area contributed by atoms with Gasteiger partial charge in [0.15, 0.2) is 0 Å². The molecule has 1 heterocycles. The van der Waals surface area contributed by atoms with Gasteiger partial charge < -0.3 is 10.6 Å². The summed E-state index contributed by atoms with van der Waals surface area (Å²) in [6, 6.07) is -0.460. The first-order valence-electron chi connectivity index (χ1n) is 3.28. The third kappa shape index (κ3) is 1.06. The van der Waals surface area contributed by atoms with Crippen molar-refractivity contribution in [3.63, 3.8) is 0 Å². The lowest BCUT2D eigenvalue weighted by molar-refractivity contribution is 0.211. The van der Waals surface area contributed by atoms with Gasteiger partial charge in [0.1, 0.15) is 0 Å². The van der Waals surface area contributed by atoms with Crippen LogP contribution >= 0.6 is 0 Å². The van der Waals surface area contributed by atoms with Crippen LogP contribution in [0.15, 0.2) is 0 Å². The minimum Gasteiger partial charge on any atom is -0.351 e. The maximum Gasteiger partial charge on any atom is 0.315 e. The van der Waals surface area contributed by atoms with Crippen molar-refractivity contribution in [2.45, 2.75) is 18.9 Å². The van der Waals surface area contributed by atoms with E-state index in [4.69, 9.17) is 12.2 Å². The fourth-order valence-electron chi connectivity index (χ4n) is 1.20. The van der Waals surface area contributed by atoms with E-state index in [-0.39, 0.29) is 6.04 Å². The van der Waals surface area contributed by atoms with Gasteiger partial charge in [0, 0.05) is 6.54 Å². The van der Waals surface area contributed by atoms with E-state index in [1.165, 1.54) is 4.90 Å². The Morgan fingerprint density at radius 1 is 1.80 bits per heavy atom. The van der Waals surface area contributed by atoms with Gasteiger partial charge in [-0.25, -0.2) is 4.79 Å². The molecule has 0 aliphatic carbocycles. The lowest BCUT2D eigenvalue weighted by Gasteiger charge is -2.16. The van der Waals surface area contributed by atoms with Gasteiger partial charge in [-0.2, -0.15) is 0 Å². The molecule has 1 aliphatic heterocycles. The van der Waals surface area contributed by atoms with Gasteiger partial charge in [-0.3, -0.25) is 0 Å². The second-order valence-electron chi connectivity index (χ2n) is 2.36. The molecule has 0 unspecified atom stereocenters. The predicted molar refractivity (Wildman–Crippen MR) is 38.1 cm³/mol. The van der Waals surface area contributed by atoms with Crippen LogP contribution in [0.4, 0.5) is 4.79 Å². The number of primary amides is 1. The zero-order valence-electron chi connectivity index (χ0n) is 5.71. The smallest absolute Gasteiger partial charge is 0.315 e. The van der Waals surface area contributed by atoms with Crippen LogP contribution in [0.2, 0.25) is 0 Å². The molecule has 54 valence electrons. The number of terminal acetylenes is 1. The van der Waals surface area contributed by atoms with Crippen LogP contribution in [-0.4, -0.2) is 23.5 Å². The van der Waals surface area contributed by atoms with Crippen molar-refractivity contribution >= 4 is 6.03 Å². The van der Waals surface area contributed by atoms with Crippen LogP contribution in [0.5, 0.6) is 0 Å². The maximum atomic E-state index is 10.6. The van der Waals surface area contributed by atoms with Crippen molar-refractivity contribution in [1.29, 1.82) is 0 Å². The topological polar surface area (TPSA) is 46.3 Å². The molecule has 2 N–H and O–H groups in total. The second-order valence-corrected chi connectivity index (χ2v) is 2.36. The number of carbonyl (C=O) groups excluding carboxylic acids is 1. The quantitative estimate of drug-likeness (QED) is 0.476. The molecule has 3 heteroatoms. The monoisotopic (exact) mass is 138 g/mol. The van der Waals surface area contributed by atoms with Gasteiger partial charge in [0.05, 0.1) is 6.04 Å². The SMILES string of the molecule is C#C[C@@H]1CCCN1C(N)=O. The van der Waals surface area contributed by atoms with E-state index < -0.39 is 6.03 Å². The second kappa shape index (κ2) is 2.61. The van der Waals surface area contributed by atoms with Gasteiger partial charge in [-0.05, 0) is 12.8 Å². The van der Waals surface area contributed by atoms with Crippen LogP contribution < -0.4 is 5.73 Å². The first-order valence-corrected chi connectivity index (χ1v) is 3.28. The van der Waals surface area contributed by atoms with Crippen molar-refractivity contribution in [2.24, 2.45) is 5.73 Å². The molecule has 0 spiro atoms. The standard InChI is InChI=1S/C7H10N2O/c1-2-6-4-3-5-9(6)7(8)10/h1,6H,3-5H2,(H2,8,10)/t6-/m1/s1. The van der Waals surface area contributed by atoms with Crippen molar-refractivity contribution in [2.75, 3.05) is 6.54 Å². The fraction of sp³-hybridized carbons (Fsp3) is 0.571. The molecular weight excluding hydrogens is 128 g/mol. The summed E-state index contributed by atoms with van der Waals surface area (Å²) in [5.41, 5.74) is 5.06. The van der Waals surface area contributed by atoms with Gasteiger partial charge in [0.2, 0.25) is 0 Å². The molecule has 0 aromatic carbocycles. The summed E-state index contributed by atoms with van der Waals surface area (Å²) >= 11 is 0. The number of hydrogen-bond acceptors (Lipinski definition) is 1. The molecule has 1 fully saturated rings. The molecule has 0 bridgehead atoms. The molecule has 1 rings (SSSR count). The molecule has 2 amide bonds. The number of hydrogen-bond donors (Lipinski definition) is 1. The van der Waals surface area contributed by atoms with Crippen LogP contribution in [0.25, 0.3) is 0 Å². The molecule has 0 saturated carbocycles. The Morgan fingerprint density at radius 3 is 2.90 bits per heavy atom. The van der Waals surface area contributed by atoms with E-state index in [2.05, 4.69) is 5.92 Å². The van der Waals surface area contributed by atoms with Gasteiger partial charge >= 0.3 is 6.03 Å². The zero-order chi connectivity index (χ0) is 7.56. The maximum absolute atomic E-state index is 10.6. The Bertz CT molecular complexity index is 183. The van der Waals surface area contributed by atoms with Gasteiger partial charge in [-0.1, -0.05) is 5.92 Å². The summed E-state index contributed by atoms with van der Waals surface area (Å²) in [5.74, 6) is 2.52. The van der Waals surface area contributed by atoms with Gasteiger partial charge in [0.25, 0.3) is 0 Å². The lowest BCUT2D eigenvalue weighted by atomic mass is 10.2. The third-order valence-corrected chi connectivity index (χ3v) is 1.73. The number of rotatable bonds is 0. The molecule has 0 aromatic heterocycles. The van der Waals surface area contributed by atoms with Crippen LogP contribution in [0, 0.1) is 12.3 Å². The number of amides is 2. The minimum atomic E-state index is -0.402. The molecular formula is C7H10N2O. The zero-order valence-corrected chi connectivity index (χ0v) is 5.71. The Kier molecular flexibility index (Phi) is 1.81. The lowest BCUT2D eigenvalue weighted by Crippen LogP contribution is -2.38. The first kappa shape index (κ1) is 6.94. The van der Waals surface area contributed by atoms with Gasteiger partial charge in [-0.15, -0.1) is 6.42 Å². The highest BCUT2D eigenvalue weighted by atomic mass is 16.2.